The van der Waals surface area contributed by atoms with Crippen molar-refractivity contribution in [3.05, 3.63) is 17.2 Å². The summed E-state index contributed by atoms with van der Waals surface area (Å²) in [5, 5.41) is 9.32. The quantitative estimate of drug-likeness (QED) is 0.858. The molecule has 1 aromatic rings. The second-order valence-corrected chi connectivity index (χ2v) is 4.74. The van der Waals surface area contributed by atoms with Gasteiger partial charge >= 0.3 is 5.97 Å². The van der Waals surface area contributed by atoms with Crippen LogP contribution in [0, 0.1) is 5.92 Å². The zero-order valence-electron chi connectivity index (χ0n) is 11.1. The van der Waals surface area contributed by atoms with Gasteiger partial charge in [-0.25, -0.2) is 0 Å². The Hall–Kier alpha value is -1.95. The highest BCUT2D eigenvalue weighted by Crippen LogP contribution is 2.40. The van der Waals surface area contributed by atoms with Gasteiger partial charge in [-0.15, -0.1) is 0 Å². The fourth-order valence-corrected chi connectivity index (χ4v) is 2.44. The summed E-state index contributed by atoms with van der Waals surface area (Å²) in [7, 11) is 2.93. The maximum atomic E-state index is 12.1. The molecule has 20 heavy (non-hydrogen) atoms. The molecule has 1 aliphatic heterocycles. The minimum absolute atomic E-state index is 0.265. The third-order valence-corrected chi connectivity index (χ3v) is 3.54. The molecule has 0 aliphatic carbocycles. The van der Waals surface area contributed by atoms with E-state index >= 15 is 0 Å². The Labute approximate surface area is 120 Å². The van der Waals surface area contributed by atoms with E-state index in [1.165, 1.54) is 19.1 Å². The van der Waals surface area contributed by atoms with Crippen LogP contribution in [0.3, 0.4) is 0 Å². The van der Waals surface area contributed by atoms with Gasteiger partial charge in [-0.2, -0.15) is 0 Å². The number of anilines is 1. The molecule has 0 saturated carbocycles. The molecule has 108 valence electrons. The molecular weight excluding hydrogens is 286 g/mol. The van der Waals surface area contributed by atoms with Crippen molar-refractivity contribution in [3.8, 4) is 11.5 Å². The maximum Gasteiger partial charge on any atom is 0.316 e. The fourth-order valence-electron chi connectivity index (χ4n) is 2.20. The van der Waals surface area contributed by atoms with Gasteiger partial charge in [0.25, 0.3) is 0 Å². The van der Waals surface area contributed by atoms with Crippen LogP contribution in [0.15, 0.2) is 12.1 Å². The van der Waals surface area contributed by atoms with E-state index in [2.05, 4.69) is 0 Å². The van der Waals surface area contributed by atoms with E-state index in [4.69, 9.17) is 26.2 Å². The average Bonchev–Trinajstić information content (AvgIpc) is 2.80. The molecule has 1 N–H and O–H groups in total. The van der Waals surface area contributed by atoms with Crippen LogP contribution in [0.5, 0.6) is 11.5 Å². The topological polar surface area (TPSA) is 76.1 Å². The Morgan fingerprint density at radius 2 is 2.00 bits per heavy atom. The summed E-state index contributed by atoms with van der Waals surface area (Å²) >= 11 is 6.05. The highest BCUT2D eigenvalue weighted by atomic mass is 35.5. The molecule has 0 bridgehead atoms. The maximum absolute atomic E-state index is 12.1. The molecule has 0 spiro atoms. The number of hydrogen-bond donors (Lipinski definition) is 1. The molecular formula is C13H14ClNO5. The average molecular weight is 300 g/mol. The van der Waals surface area contributed by atoms with Gasteiger partial charge < -0.3 is 19.5 Å². The van der Waals surface area contributed by atoms with Crippen LogP contribution in [0.25, 0.3) is 0 Å². The van der Waals surface area contributed by atoms with Gasteiger partial charge in [-0.05, 0) is 12.5 Å². The number of carbonyl (C=O) groups excluding carboxylic acids is 1. The van der Waals surface area contributed by atoms with E-state index in [9.17, 15) is 9.59 Å². The highest BCUT2D eigenvalue weighted by molar-refractivity contribution is 6.32. The lowest BCUT2D eigenvalue weighted by Crippen LogP contribution is -2.30. The number of rotatable bonds is 4. The Balaban J connectivity index is 2.41. The van der Waals surface area contributed by atoms with Gasteiger partial charge in [-0.1, -0.05) is 11.6 Å². The lowest BCUT2D eigenvalue weighted by Gasteiger charge is -2.20. The molecule has 1 fully saturated rings. The SMILES string of the molecule is COc1cc(OC)c(N2CCC(C(=O)O)C2=O)cc1Cl. The predicted octanol–water partition coefficient (Wildman–Crippen LogP) is 1.79. The largest absolute Gasteiger partial charge is 0.495 e. The number of amides is 1. The summed E-state index contributed by atoms with van der Waals surface area (Å²) < 4.78 is 10.3. The number of methoxy groups -OCH3 is 2. The Morgan fingerprint density at radius 1 is 1.35 bits per heavy atom. The third-order valence-electron chi connectivity index (χ3n) is 3.25. The lowest BCUT2D eigenvalue weighted by atomic mass is 10.1. The first kappa shape index (κ1) is 14.5. The van der Waals surface area contributed by atoms with Crippen molar-refractivity contribution in [2.75, 3.05) is 25.7 Å². The lowest BCUT2D eigenvalue weighted by molar-refractivity contribution is -0.144. The van der Waals surface area contributed by atoms with Crippen molar-refractivity contribution < 1.29 is 24.2 Å². The van der Waals surface area contributed by atoms with Crippen molar-refractivity contribution in [2.24, 2.45) is 5.92 Å². The molecule has 1 saturated heterocycles. The van der Waals surface area contributed by atoms with Crippen LogP contribution in [0.4, 0.5) is 5.69 Å². The number of benzene rings is 1. The summed E-state index contributed by atoms with van der Waals surface area (Å²) in [4.78, 5) is 24.5. The minimum Gasteiger partial charge on any atom is -0.495 e. The smallest absolute Gasteiger partial charge is 0.316 e. The zero-order chi connectivity index (χ0) is 14.9. The molecule has 1 heterocycles. The molecule has 1 aliphatic rings. The van der Waals surface area contributed by atoms with Gasteiger partial charge in [0.05, 0.1) is 24.9 Å². The Kier molecular flexibility index (Phi) is 4.04. The number of carboxylic acids is 1. The number of carbonyl (C=O) groups is 2. The van der Waals surface area contributed by atoms with Gasteiger partial charge in [0.2, 0.25) is 5.91 Å². The summed E-state index contributed by atoms with van der Waals surface area (Å²) in [5.74, 6) is -1.76. The number of hydrogen-bond acceptors (Lipinski definition) is 4. The van der Waals surface area contributed by atoms with Crippen LogP contribution < -0.4 is 14.4 Å². The van der Waals surface area contributed by atoms with Gasteiger partial charge in [0, 0.05) is 12.6 Å². The molecule has 1 amide bonds. The summed E-state index contributed by atoms with van der Waals surface area (Å²) in [5.41, 5.74) is 0.451. The van der Waals surface area contributed by atoms with Crippen molar-refractivity contribution in [2.45, 2.75) is 6.42 Å². The second kappa shape index (κ2) is 5.58. The summed E-state index contributed by atoms with van der Waals surface area (Å²) in [6.07, 6.45) is 0.265. The van der Waals surface area contributed by atoms with Crippen LogP contribution in [-0.2, 0) is 9.59 Å². The van der Waals surface area contributed by atoms with E-state index < -0.39 is 17.8 Å². The number of aliphatic carboxylic acids is 1. The Bertz CT molecular complexity index is 560. The summed E-state index contributed by atoms with van der Waals surface area (Å²) in [6.45, 7) is 0.314. The van der Waals surface area contributed by atoms with Crippen molar-refractivity contribution in [3.63, 3.8) is 0 Å². The highest BCUT2D eigenvalue weighted by Gasteiger charge is 2.38. The molecule has 1 aromatic carbocycles. The number of carboxylic acid groups (broad SMARTS) is 1. The zero-order valence-corrected chi connectivity index (χ0v) is 11.8. The van der Waals surface area contributed by atoms with E-state index in [-0.39, 0.29) is 6.42 Å². The Morgan fingerprint density at radius 3 is 2.50 bits per heavy atom. The van der Waals surface area contributed by atoms with E-state index in [1.807, 2.05) is 0 Å². The van der Waals surface area contributed by atoms with Crippen LogP contribution in [-0.4, -0.2) is 37.7 Å². The van der Waals surface area contributed by atoms with E-state index in [1.54, 1.807) is 12.1 Å². The van der Waals surface area contributed by atoms with Gasteiger partial charge in [-0.3, -0.25) is 9.59 Å². The van der Waals surface area contributed by atoms with Gasteiger partial charge in [0.1, 0.15) is 17.4 Å². The molecule has 1 atom stereocenters. The summed E-state index contributed by atoms with van der Waals surface area (Å²) in [6, 6.07) is 3.11. The predicted molar refractivity (Wildman–Crippen MR) is 72.7 cm³/mol. The molecule has 0 radical (unpaired) electrons. The standard InChI is InChI=1S/C13H14ClNO5/c1-19-10-6-11(20-2)9(5-8(10)14)15-4-3-7(12(15)16)13(17)18/h5-7H,3-4H2,1-2H3,(H,17,18). The molecule has 7 heteroatoms. The first-order valence-electron chi connectivity index (χ1n) is 5.95. The van der Waals surface area contributed by atoms with Crippen molar-refractivity contribution >= 4 is 29.2 Å². The normalized spacial score (nSPS) is 18.2. The van der Waals surface area contributed by atoms with E-state index in [0.29, 0.717) is 28.8 Å². The molecule has 1 unspecified atom stereocenters. The van der Waals surface area contributed by atoms with E-state index in [0.717, 1.165) is 0 Å². The second-order valence-electron chi connectivity index (χ2n) is 4.33. The first-order valence-corrected chi connectivity index (χ1v) is 6.33. The molecule has 6 nitrogen and oxygen atoms in total. The van der Waals surface area contributed by atoms with Crippen LogP contribution in [0.1, 0.15) is 6.42 Å². The minimum atomic E-state index is -1.11. The van der Waals surface area contributed by atoms with Crippen molar-refractivity contribution in [1.29, 1.82) is 0 Å². The number of ether oxygens (including phenoxy) is 2. The van der Waals surface area contributed by atoms with Crippen LogP contribution >= 0.6 is 11.6 Å². The monoisotopic (exact) mass is 299 g/mol. The van der Waals surface area contributed by atoms with Crippen LogP contribution in [0.2, 0.25) is 5.02 Å². The molecule has 2 rings (SSSR count). The third kappa shape index (κ3) is 2.38. The molecule has 0 aromatic heterocycles. The first-order chi connectivity index (χ1) is 9.49. The van der Waals surface area contributed by atoms with Crippen molar-refractivity contribution in [1.82, 2.24) is 0 Å². The van der Waals surface area contributed by atoms with Gasteiger partial charge in [0.15, 0.2) is 0 Å². The number of halogens is 1. The fraction of sp³-hybridized carbons (Fsp3) is 0.385. The number of nitrogens with zero attached hydrogens (tertiary/aromatic N) is 1.